The molecule has 3 rings (SSSR count). The van der Waals surface area contributed by atoms with Gasteiger partial charge in [-0.15, -0.1) is 0 Å². The number of amides is 1. The summed E-state index contributed by atoms with van der Waals surface area (Å²) < 4.78 is 7.16. The highest BCUT2D eigenvalue weighted by molar-refractivity contribution is 6.34. The van der Waals surface area contributed by atoms with Crippen LogP contribution in [0.3, 0.4) is 0 Å². The maximum atomic E-state index is 12.2. The second-order valence-corrected chi connectivity index (χ2v) is 7.09. The number of benzene rings is 2. The van der Waals surface area contributed by atoms with Crippen LogP contribution in [0.15, 0.2) is 53.6 Å². The number of ether oxygens (including phenoxy) is 1. The molecule has 0 fully saturated rings. The van der Waals surface area contributed by atoms with Crippen molar-refractivity contribution in [1.82, 2.24) is 9.99 Å². The van der Waals surface area contributed by atoms with Gasteiger partial charge in [0.15, 0.2) is 0 Å². The number of nitrogens with zero attached hydrogens (tertiary/aromatic N) is 2. The molecule has 0 aliphatic carbocycles. The van der Waals surface area contributed by atoms with E-state index in [4.69, 9.17) is 27.9 Å². The summed E-state index contributed by atoms with van der Waals surface area (Å²) in [7, 11) is 1.55. The van der Waals surface area contributed by atoms with Gasteiger partial charge in [-0.2, -0.15) is 5.10 Å². The van der Waals surface area contributed by atoms with Crippen molar-refractivity contribution in [3.63, 3.8) is 0 Å². The Morgan fingerprint density at radius 2 is 1.82 bits per heavy atom. The molecule has 1 N–H and O–H groups in total. The lowest BCUT2D eigenvalue weighted by atomic mass is 10.2. The first-order chi connectivity index (χ1) is 13.4. The van der Waals surface area contributed by atoms with Gasteiger partial charge in [-0.1, -0.05) is 29.3 Å². The minimum absolute atomic E-state index is 0.314. The molecule has 1 heterocycles. The maximum absolute atomic E-state index is 12.2. The van der Waals surface area contributed by atoms with Crippen molar-refractivity contribution in [2.45, 2.75) is 13.8 Å². The first-order valence-electron chi connectivity index (χ1n) is 8.52. The maximum Gasteiger partial charge on any atom is 0.271 e. The lowest BCUT2D eigenvalue weighted by Gasteiger charge is -2.10. The second kappa shape index (κ2) is 8.50. The number of aryl methyl sites for hydroxylation is 1. The largest absolute Gasteiger partial charge is 0.497 e. The van der Waals surface area contributed by atoms with Gasteiger partial charge in [0, 0.05) is 38.2 Å². The molecule has 2 aromatic carbocycles. The van der Waals surface area contributed by atoms with Gasteiger partial charge >= 0.3 is 0 Å². The van der Waals surface area contributed by atoms with E-state index in [1.165, 1.54) is 0 Å². The van der Waals surface area contributed by atoms with E-state index in [9.17, 15) is 4.79 Å². The molecule has 0 aliphatic heterocycles. The van der Waals surface area contributed by atoms with Gasteiger partial charge in [0.1, 0.15) is 5.75 Å². The Kier molecular flexibility index (Phi) is 6.07. The van der Waals surface area contributed by atoms with Crippen LogP contribution in [-0.2, 0) is 0 Å². The van der Waals surface area contributed by atoms with Gasteiger partial charge < -0.3 is 9.30 Å². The monoisotopic (exact) mass is 415 g/mol. The summed E-state index contributed by atoms with van der Waals surface area (Å²) in [6.07, 6.45) is 1.61. The molecule has 144 valence electrons. The lowest BCUT2D eigenvalue weighted by molar-refractivity contribution is 0.0955. The average molecular weight is 416 g/mol. The highest BCUT2D eigenvalue weighted by Gasteiger charge is 2.11. The molecule has 0 spiro atoms. The van der Waals surface area contributed by atoms with E-state index < -0.39 is 0 Å². The highest BCUT2D eigenvalue weighted by atomic mass is 35.5. The van der Waals surface area contributed by atoms with Crippen LogP contribution in [-0.4, -0.2) is 23.8 Å². The number of carbonyl (C=O) groups excluding carboxylic acids is 1. The fourth-order valence-electron chi connectivity index (χ4n) is 2.97. The third kappa shape index (κ3) is 4.38. The zero-order valence-corrected chi connectivity index (χ0v) is 17.2. The molecule has 0 unspecified atom stereocenters. The summed E-state index contributed by atoms with van der Waals surface area (Å²) in [4.78, 5) is 12.2. The van der Waals surface area contributed by atoms with Crippen molar-refractivity contribution in [3.05, 3.63) is 81.1 Å². The van der Waals surface area contributed by atoms with Gasteiger partial charge in [0.2, 0.25) is 0 Å². The molecule has 0 radical (unpaired) electrons. The van der Waals surface area contributed by atoms with Crippen LogP contribution in [0.1, 0.15) is 27.3 Å². The Morgan fingerprint density at radius 3 is 2.50 bits per heavy atom. The molecule has 0 bridgehead atoms. The van der Waals surface area contributed by atoms with Crippen LogP contribution < -0.4 is 10.2 Å². The first-order valence-corrected chi connectivity index (χ1v) is 9.27. The molecule has 3 aromatic rings. The van der Waals surface area contributed by atoms with Gasteiger partial charge in [0.05, 0.1) is 13.3 Å². The third-order valence-corrected chi connectivity index (χ3v) is 4.71. The van der Waals surface area contributed by atoms with Crippen molar-refractivity contribution in [2.24, 2.45) is 5.10 Å². The smallest absolute Gasteiger partial charge is 0.271 e. The van der Waals surface area contributed by atoms with Gasteiger partial charge in [0.25, 0.3) is 5.91 Å². The summed E-state index contributed by atoms with van der Waals surface area (Å²) in [5.74, 6) is 0.297. The summed E-state index contributed by atoms with van der Waals surface area (Å²) in [6.45, 7) is 3.95. The van der Waals surface area contributed by atoms with E-state index in [2.05, 4.69) is 10.5 Å². The number of halogens is 2. The summed E-state index contributed by atoms with van der Waals surface area (Å²) in [5, 5.41) is 5.22. The van der Waals surface area contributed by atoms with Gasteiger partial charge in [-0.25, -0.2) is 5.43 Å². The topological polar surface area (TPSA) is 55.6 Å². The lowest BCUT2D eigenvalue weighted by Crippen LogP contribution is -2.17. The third-order valence-electron chi connectivity index (χ3n) is 4.28. The quantitative estimate of drug-likeness (QED) is 0.461. The number of hydrogen-bond donors (Lipinski definition) is 1. The Morgan fingerprint density at radius 1 is 1.11 bits per heavy atom. The van der Waals surface area contributed by atoms with Crippen LogP contribution in [0.5, 0.6) is 5.75 Å². The van der Waals surface area contributed by atoms with E-state index in [-0.39, 0.29) is 5.91 Å². The van der Waals surface area contributed by atoms with Crippen molar-refractivity contribution in [1.29, 1.82) is 0 Å². The molecular formula is C21H19Cl2N3O2. The molecule has 1 aromatic heterocycles. The number of aromatic nitrogens is 1. The van der Waals surface area contributed by atoms with Crippen molar-refractivity contribution < 1.29 is 9.53 Å². The SMILES string of the molecule is COc1cccc(C(=O)N/N=C\c2cc(C)n(-c3cc(Cl)cc(Cl)c3)c2C)c1. The van der Waals surface area contributed by atoms with Crippen molar-refractivity contribution in [3.8, 4) is 11.4 Å². The molecular weight excluding hydrogens is 397 g/mol. The Hall–Kier alpha value is -2.76. The molecule has 7 heteroatoms. The highest BCUT2D eigenvalue weighted by Crippen LogP contribution is 2.26. The average Bonchev–Trinajstić information content (AvgIpc) is 2.94. The fourth-order valence-corrected chi connectivity index (χ4v) is 3.49. The van der Waals surface area contributed by atoms with E-state index in [0.29, 0.717) is 21.4 Å². The van der Waals surface area contributed by atoms with E-state index >= 15 is 0 Å². The minimum atomic E-state index is -0.314. The minimum Gasteiger partial charge on any atom is -0.497 e. The predicted octanol–water partition coefficient (Wildman–Crippen LogP) is 5.17. The van der Waals surface area contributed by atoms with Crippen LogP contribution in [0.25, 0.3) is 5.69 Å². The summed E-state index contributed by atoms with van der Waals surface area (Å²) in [5.41, 5.74) is 6.70. The van der Waals surface area contributed by atoms with Crippen LogP contribution in [0.2, 0.25) is 10.0 Å². The summed E-state index contributed by atoms with van der Waals surface area (Å²) >= 11 is 12.3. The van der Waals surface area contributed by atoms with E-state index in [1.54, 1.807) is 43.7 Å². The number of nitrogens with one attached hydrogen (secondary N) is 1. The Labute approximate surface area is 173 Å². The van der Waals surface area contributed by atoms with Crippen LogP contribution in [0.4, 0.5) is 0 Å². The fraction of sp³-hybridized carbons (Fsp3) is 0.143. The molecule has 0 saturated heterocycles. The molecule has 28 heavy (non-hydrogen) atoms. The Bertz CT molecular complexity index is 1040. The summed E-state index contributed by atoms with van der Waals surface area (Å²) in [6, 6.07) is 14.2. The molecule has 0 aliphatic rings. The van der Waals surface area contributed by atoms with Crippen molar-refractivity contribution >= 4 is 35.3 Å². The predicted molar refractivity (Wildman–Crippen MR) is 113 cm³/mol. The van der Waals surface area contributed by atoms with Gasteiger partial charge in [-0.05, 0) is 56.3 Å². The first kappa shape index (κ1) is 20.0. The number of hydrogen-bond acceptors (Lipinski definition) is 3. The van der Waals surface area contributed by atoms with Gasteiger partial charge in [-0.3, -0.25) is 4.79 Å². The molecule has 5 nitrogen and oxygen atoms in total. The number of rotatable bonds is 5. The van der Waals surface area contributed by atoms with E-state index in [1.807, 2.05) is 36.6 Å². The van der Waals surface area contributed by atoms with Crippen LogP contribution in [0, 0.1) is 13.8 Å². The standard InChI is InChI=1S/C21H19Cl2N3O2/c1-13-7-16(14(2)26(13)19-10-17(22)9-18(23)11-19)12-24-25-21(27)15-5-4-6-20(8-15)28-3/h4-12H,1-3H3,(H,25,27)/b24-12-. The zero-order chi connectivity index (χ0) is 20.3. The number of carbonyl (C=O) groups is 1. The van der Waals surface area contributed by atoms with Crippen LogP contribution >= 0.6 is 23.2 Å². The Balaban J connectivity index is 1.80. The normalized spacial score (nSPS) is 11.0. The number of hydrazone groups is 1. The number of methoxy groups -OCH3 is 1. The zero-order valence-electron chi connectivity index (χ0n) is 15.7. The van der Waals surface area contributed by atoms with E-state index in [0.717, 1.165) is 22.6 Å². The second-order valence-electron chi connectivity index (χ2n) is 6.22. The molecule has 0 saturated carbocycles. The van der Waals surface area contributed by atoms with Crippen molar-refractivity contribution in [2.75, 3.05) is 7.11 Å². The molecule has 0 atom stereocenters. The molecule has 1 amide bonds.